The molecule has 0 aliphatic heterocycles. The molecular weight excluding hydrogens is 244 g/mol. The van der Waals surface area contributed by atoms with E-state index in [1.807, 2.05) is 0 Å². The Balaban J connectivity index is 2.24. The van der Waals surface area contributed by atoms with Gasteiger partial charge in [-0.25, -0.2) is 0 Å². The molecular formula is C18H26N2. The number of hydrogen-bond donors (Lipinski definition) is 1. The number of nitrogens with zero attached hydrogens (tertiary/aromatic N) is 1. The molecule has 108 valence electrons. The van der Waals surface area contributed by atoms with Crippen molar-refractivity contribution in [1.82, 2.24) is 10.3 Å². The summed E-state index contributed by atoms with van der Waals surface area (Å²) in [5, 5.41) is 4.87. The number of hydrogen-bond acceptors (Lipinski definition) is 2. The zero-order chi connectivity index (χ0) is 14.4. The molecule has 2 aromatic rings. The molecule has 0 bridgehead atoms. The molecule has 2 unspecified atom stereocenters. The summed E-state index contributed by atoms with van der Waals surface area (Å²) in [6.45, 7) is 7.84. The van der Waals surface area contributed by atoms with Gasteiger partial charge in [-0.05, 0) is 37.4 Å². The van der Waals surface area contributed by atoms with E-state index >= 15 is 0 Å². The molecule has 1 aromatic heterocycles. The van der Waals surface area contributed by atoms with E-state index < -0.39 is 0 Å². The minimum atomic E-state index is 0.370. The lowest BCUT2D eigenvalue weighted by Gasteiger charge is -2.21. The van der Waals surface area contributed by atoms with Crippen molar-refractivity contribution in [3.63, 3.8) is 0 Å². The maximum Gasteiger partial charge on any atom is 0.0706 e. The highest BCUT2D eigenvalue weighted by Crippen LogP contribution is 2.23. The minimum absolute atomic E-state index is 0.370. The van der Waals surface area contributed by atoms with Crippen LogP contribution in [0.4, 0.5) is 0 Å². The summed E-state index contributed by atoms with van der Waals surface area (Å²) in [5.74, 6) is 0.720. The van der Waals surface area contributed by atoms with Crippen molar-refractivity contribution in [3.05, 3.63) is 42.1 Å². The normalized spacial score (nSPS) is 14.3. The second-order valence-corrected chi connectivity index (χ2v) is 5.68. The number of para-hydroxylation sites is 1. The van der Waals surface area contributed by atoms with Crippen LogP contribution < -0.4 is 5.32 Å². The SMILES string of the molecule is CCCNC(CC(C)CC)c1ccc2ccccc2n1. The number of rotatable bonds is 7. The highest BCUT2D eigenvalue weighted by molar-refractivity contribution is 5.78. The molecule has 0 saturated heterocycles. The Kier molecular flexibility index (Phi) is 5.54. The molecule has 1 N–H and O–H groups in total. The highest BCUT2D eigenvalue weighted by Gasteiger charge is 2.15. The summed E-state index contributed by atoms with van der Waals surface area (Å²) in [6.07, 6.45) is 3.53. The van der Waals surface area contributed by atoms with Crippen LogP contribution >= 0.6 is 0 Å². The summed E-state index contributed by atoms with van der Waals surface area (Å²) in [4.78, 5) is 4.85. The minimum Gasteiger partial charge on any atom is -0.309 e. The van der Waals surface area contributed by atoms with Crippen LogP contribution in [-0.4, -0.2) is 11.5 Å². The largest absolute Gasteiger partial charge is 0.309 e. The number of aromatic nitrogens is 1. The zero-order valence-corrected chi connectivity index (χ0v) is 12.9. The first-order valence-corrected chi connectivity index (χ1v) is 7.83. The van der Waals surface area contributed by atoms with Gasteiger partial charge in [-0.3, -0.25) is 4.98 Å². The first-order chi connectivity index (χ1) is 9.74. The lowest BCUT2D eigenvalue weighted by Crippen LogP contribution is -2.24. The van der Waals surface area contributed by atoms with E-state index in [4.69, 9.17) is 4.98 Å². The Morgan fingerprint density at radius 3 is 2.65 bits per heavy atom. The van der Waals surface area contributed by atoms with E-state index in [-0.39, 0.29) is 0 Å². The van der Waals surface area contributed by atoms with Crippen LogP contribution in [0.3, 0.4) is 0 Å². The van der Waals surface area contributed by atoms with Crippen LogP contribution in [0.5, 0.6) is 0 Å². The van der Waals surface area contributed by atoms with Crippen LogP contribution in [0.1, 0.15) is 51.8 Å². The summed E-state index contributed by atoms with van der Waals surface area (Å²) < 4.78 is 0. The van der Waals surface area contributed by atoms with Crippen LogP contribution in [-0.2, 0) is 0 Å². The zero-order valence-electron chi connectivity index (χ0n) is 12.9. The molecule has 0 fully saturated rings. The second-order valence-electron chi connectivity index (χ2n) is 5.68. The fourth-order valence-corrected chi connectivity index (χ4v) is 2.47. The van der Waals surface area contributed by atoms with E-state index in [2.05, 4.69) is 62.5 Å². The first-order valence-electron chi connectivity index (χ1n) is 7.83. The van der Waals surface area contributed by atoms with E-state index in [1.165, 1.54) is 17.5 Å². The molecule has 2 nitrogen and oxygen atoms in total. The molecule has 2 heteroatoms. The van der Waals surface area contributed by atoms with Gasteiger partial charge in [-0.2, -0.15) is 0 Å². The second kappa shape index (κ2) is 7.39. The molecule has 0 aliphatic carbocycles. The fourth-order valence-electron chi connectivity index (χ4n) is 2.47. The average molecular weight is 270 g/mol. The van der Waals surface area contributed by atoms with Crippen molar-refractivity contribution < 1.29 is 0 Å². The lowest BCUT2D eigenvalue weighted by molar-refractivity contribution is 0.397. The van der Waals surface area contributed by atoms with Crippen molar-refractivity contribution in [2.75, 3.05) is 6.54 Å². The highest BCUT2D eigenvalue weighted by atomic mass is 14.9. The molecule has 0 radical (unpaired) electrons. The third kappa shape index (κ3) is 3.80. The molecule has 1 heterocycles. The van der Waals surface area contributed by atoms with Gasteiger partial charge in [0.25, 0.3) is 0 Å². The van der Waals surface area contributed by atoms with Gasteiger partial charge in [0, 0.05) is 11.4 Å². The first kappa shape index (κ1) is 15.0. The van der Waals surface area contributed by atoms with Gasteiger partial charge in [0.1, 0.15) is 0 Å². The van der Waals surface area contributed by atoms with Gasteiger partial charge in [0.2, 0.25) is 0 Å². The molecule has 0 aliphatic rings. The molecule has 2 rings (SSSR count). The summed E-state index contributed by atoms with van der Waals surface area (Å²) in [5.41, 5.74) is 2.27. The maximum absolute atomic E-state index is 4.85. The average Bonchev–Trinajstić information content (AvgIpc) is 2.50. The van der Waals surface area contributed by atoms with Crippen LogP contribution in [0.25, 0.3) is 10.9 Å². The Labute approximate surface area is 122 Å². The predicted octanol–water partition coefficient (Wildman–Crippen LogP) is 4.71. The topological polar surface area (TPSA) is 24.9 Å². The maximum atomic E-state index is 4.85. The molecule has 20 heavy (non-hydrogen) atoms. The lowest BCUT2D eigenvalue weighted by atomic mass is 9.96. The van der Waals surface area contributed by atoms with Gasteiger partial charge >= 0.3 is 0 Å². The van der Waals surface area contributed by atoms with Crippen molar-refractivity contribution in [3.8, 4) is 0 Å². The summed E-state index contributed by atoms with van der Waals surface area (Å²) in [6, 6.07) is 13.1. The quantitative estimate of drug-likeness (QED) is 0.788. The molecule has 0 spiro atoms. The van der Waals surface area contributed by atoms with E-state index in [0.29, 0.717) is 6.04 Å². The number of nitrogens with one attached hydrogen (secondary N) is 1. The van der Waals surface area contributed by atoms with Gasteiger partial charge in [-0.15, -0.1) is 0 Å². The van der Waals surface area contributed by atoms with Gasteiger partial charge < -0.3 is 5.32 Å². The fraction of sp³-hybridized carbons (Fsp3) is 0.500. The Bertz CT molecular complexity index is 536. The smallest absolute Gasteiger partial charge is 0.0706 e. The third-order valence-corrected chi connectivity index (χ3v) is 3.95. The number of benzene rings is 1. The van der Waals surface area contributed by atoms with Gasteiger partial charge in [-0.1, -0.05) is 51.5 Å². The molecule has 0 amide bonds. The Morgan fingerprint density at radius 2 is 1.90 bits per heavy atom. The van der Waals surface area contributed by atoms with Crippen molar-refractivity contribution >= 4 is 10.9 Å². The van der Waals surface area contributed by atoms with Crippen molar-refractivity contribution in [2.24, 2.45) is 5.92 Å². The van der Waals surface area contributed by atoms with Crippen LogP contribution in [0.15, 0.2) is 36.4 Å². The van der Waals surface area contributed by atoms with Crippen LogP contribution in [0.2, 0.25) is 0 Å². The third-order valence-electron chi connectivity index (χ3n) is 3.95. The number of fused-ring (bicyclic) bond motifs is 1. The molecule has 0 saturated carbocycles. The van der Waals surface area contributed by atoms with Crippen LogP contribution in [0, 0.1) is 5.92 Å². The van der Waals surface area contributed by atoms with Crippen molar-refractivity contribution in [2.45, 2.75) is 46.1 Å². The van der Waals surface area contributed by atoms with Crippen molar-refractivity contribution in [1.29, 1.82) is 0 Å². The van der Waals surface area contributed by atoms with Gasteiger partial charge in [0.05, 0.1) is 11.2 Å². The monoisotopic (exact) mass is 270 g/mol. The van der Waals surface area contributed by atoms with Gasteiger partial charge in [0.15, 0.2) is 0 Å². The Hall–Kier alpha value is -1.41. The van der Waals surface area contributed by atoms with E-state index in [9.17, 15) is 0 Å². The predicted molar refractivity (Wildman–Crippen MR) is 86.8 cm³/mol. The van der Waals surface area contributed by atoms with E-state index in [1.54, 1.807) is 0 Å². The summed E-state index contributed by atoms with van der Waals surface area (Å²) >= 11 is 0. The molecule has 1 aromatic carbocycles. The number of pyridine rings is 1. The summed E-state index contributed by atoms with van der Waals surface area (Å²) in [7, 11) is 0. The van der Waals surface area contributed by atoms with E-state index in [0.717, 1.165) is 30.8 Å². The standard InChI is InChI=1S/C18H26N2/c1-4-12-19-18(13-14(3)5-2)17-11-10-15-8-6-7-9-16(15)20-17/h6-11,14,18-19H,4-5,12-13H2,1-3H3. The molecule has 2 atom stereocenters. The Morgan fingerprint density at radius 1 is 1.10 bits per heavy atom.